The van der Waals surface area contributed by atoms with Gasteiger partial charge in [0.25, 0.3) is 5.69 Å². The minimum Gasteiger partial charge on any atom is -0.383 e. The van der Waals surface area contributed by atoms with Gasteiger partial charge >= 0.3 is 0 Å². The molecule has 1 aromatic heterocycles. The Bertz CT molecular complexity index is 613. The van der Waals surface area contributed by atoms with Crippen LogP contribution >= 0.6 is 0 Å². The number of non-ortho nitro benzene ring substituents is 1. The number of rotatable bonds is 8. The number of imidazole rings is 1. The van der Waals surface area contributed by atoms with Crippen molar-refractivity contribution in [2.45, 2.75) is 0 Å². The van der Waals surface area contributed by atoms with E-state index in [1.54, 1.807) is 13.2 Å². The Labute approximate surface area is 122 Å². The van der Waals surface area contributed by atoms with Gasteiger partial charge in [-0.25, -0.2) is 4.98 Å². The fourth-order valence-electron chi connectivity index (χ4n) is 1.92. The molecule has 0 saturated carbocycles. The predicted molar refractivity (Wildman–Crippen MR) is 80.6 cm³/mol. The van der Waals surface area contributed by atoms with Crippen molar-refractivity contribution in [2.24, 2.45) is 0 Å². The molecule has 2 rings (SSSR count). The Morgan fingerprint density at radius 3 is 3.00 bits per heavy atom. The molecule has 0 bridgehead atoms. The number of hydrogen-bond acceptors (Lipinski definition) is 6. The highest BCUT2D eigenvalue weighted by Crippen LogP contribution is 2.20. The summed E-state index contributed by atoms with van der Waals surface area (Å²) in [4.78, 5) is 19.8. The molecular weight excluding hydrogens is 274 g/mol. The van der Waals surface area contributed by atoms with Gasteiger partial charge in [-0.2, -0.15) is 0 Å². The highest BCUT2D eigenvalue weighted by atomic mass is 16.6. The minimum absolute atomic E-state index is 0.0528. The highest BCUT2D eigenvalue weighted by molar-refractivity contribution is 5.79. The number of nitrogens with one attached hydrogen (secondary N) is 2. The van der Waals surface area contributed by atoms with Gasteiger partial charge in [-0.15, -0.1) is 0 Å². The summed E-state index contributed by atoms with van der Waals surface area (Å²) in [6.45, 7) is 3.14. The van der Waals surface area contributed by atoms with Gasteiger partial charge in [-0.3, -0.25) is 10.1 Å². The lowest BCUT2D eigenvalue weighted by Crippen LogP contribution is -2.28. The molecule has 2 aromatic rings. The number of nitrogens with zero attached hydrogens (tertiary/aromatic N) is 3. The lowest BCUT2D eigenvalue weighted by Gasteiger charge is -2.15. The third-order valence-electron chi connectivity index (χ3n) is 3.14. The molecule has 0 amide bonds. The van der Waals surface area contributed by atoms with Crippen molar-refractivity contribution in [1.29, 1.82) is 0 Å². The van der Waals surface area contributed by atoms with Crippen molar-refractivity contribution in [3.05, 3.63) is 28.3 Å². The van der Waals surface area contributed by atoms with E-state index in [-0.39, 0.29) is 5.69 Å². The van der Waals surface area contributed by atoms with E-state index in [0.717, 1.165) is 19.6 Å². The largest absolute Gasteiger partial charge is 0.383 e. The van der Waals surface area contributed by atoms with E-state index in [1.165, 1.54) is 12.1 Å². The number of benzene rings is 1. The SMILES string of the molecule is COCCN(C)CCNc1nc2ccc([N+](=O)[O-])cc2[nH]1. The molecule has 0 saturated heterocycles. The van der Waals surface area contributed by atoms with E-state index < -0.39 is 4.92 Å². The molecular formula is C13H19N5O3. The zero-order valence-electron chi connectivity index (χ0n) is 12.1. The molecule has 1 aromatic carbocycles. The van der Waals surface area contributed by atoms with Gasteiger partial charge in [-0.05, 0) is 13.1 Å². The standard InChI is InChI=1S/C13H19N5O3/c1-17(7-8-21-2)6-5-14-13-15-11-4-3-10(18(19)20)9-12(11)16-13/h3-4,9H,5-8H2,1-2H3,(H2,14,15,16). The molecule has 114 valence electrons. The molecule has 1 heterocycles. The molecule has 21 heavy (non-hydrogen) atoms. The van der Waals surface area contributed by atoms with Gasteiger partial charge in [0, 0.05) is 38.9 Å². The Morgan fingerprint density at radius 1 is 1.48 bits per heavy atom. The van der Waals surface area contributed by atoms with Crippen LogP contribution in [0.1, 0.15) is 0 Å². The van der Waals surface area contributed by atoms with E-state index in [1.807, 2.05) is 7.05 Å². The molecule has 0 fully saturated rings. The lowest BCUT2D eigenvalue weighted by molar-refractivity contribution is -0.384. The van der Waals surface area contributed by atoms with Crippen LogP contribution in [-0.2, 0) is 4.74 Å². The summed E-state index contributed by atoms with van der Waals surface area (Å²) < 4.78 is 5.01. The third-order valence-corrected chi connectivity index (χ3v) is 3.14. The maximum Gasteiger partial charge on any atom is 0.271 e. The number of H-pyrrole nitrogens is 1. The zero-order valence-corrected chi connectivity index (χ0v) is 12.1. The first kappa shape index (κ1) is 15.2. The normalized spacial score (nSPS) is 11.2. The van der Waals surface area contributed by atoms with Crippen molar-refractivity contribution >= 4 is 22.7 Å². The number of aromatic nitrogens is 2. The van der Waals surface area contributed by atoms with Crippen LogP contribution in [0.15, 0.2) is 18.2 Å². The first-order valence-electron chi connectivity index (χ1n) is 6.65. The fourth-order valence-corrected chi connectivity index (χ4v) is 1.92. The molecule has 0 spiro atoms. The van der Waals surface area contributed by atoms with Crippen LogP contribution in [-0.4, -0.2) is 60.2 Å². The van der Waals surface area contributed by atoms with E-state index in [0.29, 0.717) is 23.6 Å². The van der Waals surface area contributed by atoms with Crippen molar-refractivity contribution in [3.8, 4) is 0 Å². The quantitative estimate of drug-likeness (QED) is 0.565. The third kappa shape index (κ3) is 4.14. The number of aromatic amines is 1. The molecule has 8 heteroatoms. The summed E-state index contributed by atoms with van der Waals surface area (Å²) in [5.74, 6) is 0.616. The van der Waals surface area contributed by atoms with E-state index in [2.05, 4.69) is 20.2 Å². The molecule has 0 unspecified atom stereocenters. The number of nitro groups is 1. The summed E-state index contributed by atoms with van der Waals surface area (Å²) in [6.07, 6.45) is 0. The summed E-state index contributed by atoms with van der Waals surface area (Å²) in [6, 6.07) is 4.57. The monoisotopic (exact) mass is 293 g/mol. The molecule has 2 N–H and O–H groups in total. The minimum atomic E-state index is -0.419. The van der Waals surface area contributed by atoms with Crippen molar-refractivity contribution < 1.29 is 9.66 Å². The first-order chi connectivity index (χ1) is 10.1. The van der Waals surface area contributed by atoms with E-state index in [9.17, 15) is 10.1 Å². The van der Waals surface area contributed by atoms with Gasteiger partial charge in [-0.1, -0.05) is 0 Å². The van der Waals surface area contributed by atoms with Crippen molar-refractivity contribution in [3.63, 3.8) is 0 Å². The summed E-state index contributed by atoms with van der Waals surface area (Å²) in [5.41, 5.74) is 1.41. The van der Waals surface area contributed by atoms with Crippen LogP contribution in [0.2, 0.25) is 0 Å². The summed E-state index contributed by atoms with van der Waals surface area (Å²) >= 11 is 0. The number of anilines is 1. The van der Waals surface area contributed by atoms with Gasteiger partial charge < -0.3 is 19.9 Å². The average Bonchev–Trinajstić information content (AvgIpc) is 2.86. The predicted octanol–water partition coefficient (Wildman–Crippen LogP) is 1.46. The molecule has 0 radical (unpaired) electrons. The Kier molecular flexibility index (Phi) is 5.07. The van der Waals surface area contributed by atoms with Crippen LogP contribution < -0.4 is 5.32 Å². The average molecular weight is 293 g/mol. The van der Waals surface area contributed by atoms with Gasteiger partial charge in [0.1, 0.15) is 0 Å². The van der Waals surface area contributed by atoms with Gasteiger partial charge in [0.05, 0.1) is 22.6 Å². The second kappa shape index (κ2) is 7.00. The first-order valence-corrected chi connectivity index (χ1v) is 6.65. The molecule has 8 nitrogen and oxygen atoms in total. The number of ether oxygens (including phenoxy) is 1. The Balaban J connectivity index is 1.92. The van der Waals surface area contributed by atoms with Crippen LogP contribution in [0.3, 0.4) is 0 Å². The second-order valence-electron chi connectivity index (χ2n) is 4.77. The molecule has 0 aliphatic rings. The van der Waals surface area contributed by atoms with Crippen LogP contribution in [0.4, 0.5) is 11.6 Å². The van der Waals surface area contributed by atoms with E-state index >= 15 is 0 Å². The molecule has 0 atom stereocenters. The Morgan fingerprint density at radius 2 is 2.29 bits per heavy atom. The molecule has 0 aliphatic heterocycles. The van der Waals surface area contributed by atoms with Crippen molar-refractivity contribution in [2.75, 3.05) is 45.7 Å². The number of likely N-dealkylation sites (N-methyl/N-ethyl adjacent to an activating group) is 1. The van der Waals surface area contributed by atoms with Crippen LogP contribution in [0, 0.1) is 10.1 Å². The lowest BCUT2D eigenvalue weighted by atomic mass is 10.3. The second-order valence-corrected chi connectivity index (χ2v) is 4.77. The van der Waals surface area contributed by atoms with E-state index in [4.69, 9.17) is 4.74 Å². The molecule has 0 aliphatic carbocycles. The number of hydrogen-bond donors (Lipinski definition) is 2. The summed E-state index contributed by atoms with van der Waals surface area (Å²) in [5, 5.41) is 13.9. The van der Waals surface area contributed by atoms with Crippen LogP contribution in [0.5, 0.6) is 0 Å². The number of nitro benzene ring substituents is 1. The van der Waals surface area contributed by atoms with Crippen molar-refractivity contribution in [1.82, 2.24) is 14.9 Å². The fraction of sp³-hybridized carbons (Fsp3) is 0.462. The van der Waals surface area contributed by atoms with Gasteiger partial charge in [0.2, 0.25) is 5.95 Å². The van der Waals surface area contributed by atoms with Gasteiger partial charge in [0.15, 0.2) is 0 Å². The summed E-state index contributed by atoms with van der Waals surface area (Å²) in [7, 11) is 3.70. The maximum atomic E-state index is 10.7. The topological polar surface area (TPSA) is 96.3 Å². The highest BCUT2D eigenvalue weighted by Gasteiger charge is 2.09. The smallest absolute Gasteiger partial charge is 0.271 e. The number of methoxy groups -OCH3 is 1. The zero-order chi connectivity index (χ0) is 15.2. The number of fused-ring (bicyclic) bond motifs is 1. The maximum absolute atomic E-state index is 10.7. The Hall–Kier alpha value is -2.19. The van der Waals surface area contributed by atoms with Crippen LogP contribution in [0.25, 0.3) is 11.0 Å².